The standard InChI is InChI=1S/C16H31N3O2/c1-13(2)7-5-6-10-18-16(17-3)19-11-8-14(9-12-19)15(20)21-4/h13-14H,5-12H2,1-4H3,(H,17,18). The molecule has 1 aliphatic heterocycles. The van der Waals surface area contributed by atoms with Crippen LogP contribution in [0.25, 0.3) is 0 Å². The first-order valence-corrected chi connectivity index (χ1v) is 8.12. The molecule has 21 heavy (non-hydrogen) atoms. The molecule has 0 amide bonds. The monoisotopic (exact) mass is 297 g/mol. The topological polar surface area (TPSA) is 53.9 Å². The van der Waals surface area contributed by atoms with Crippen molar-refractivity contribution in [3.63, 3.8) is 0 Å². The van der Waals surface area contributed by atoms with Crippen molar-refractivity contribution in [2.24, 2.45) is 16.8 Å². The lowest BCUT2D eigenvalue weighted by Gasteiger charge is -2.33. The molecule has 0 aromatic heterocycles. The molecule has 0 aromatic carbocycles. The number of esters is 1. The molecule has 0 bridgehead atoms. The molecule has 0 unspecified atom stereocenters. The van der Waals surface area contributed by atoms with Crippen molar-refractivity contribution < 1.29 is 9.53 Å². The molecule has 1 saturated heterocycles. The molecule has 1 aliphatic rings. The van der Waals surface area contributed by atoms with Crippen molar-refractivity contribution in [3.8, 4) is 0 Å². The van der Waals surface area contributed by atoms with Gasteiger partial charge in [-0.3, -0.25) is 9.79 Å². The number of guanidine groups is 1. The van der Waals surface area contributed by atoms with E-state index in [9.17, 15) is 4.79 Å². The first kappa shape index (κ1) is 17.8. The summed E-state index contributed by atoms with van der Waals surface area (Å²) in [5.41, 5.74) is 0. The number of piperidine rings is 1. The molecule has 1 rings (SSSR count). The fraction of sp³-hybridized carbons (Fsp3) is 0.875. The van der Waals surface area contributed by atoms with Gasteiger partial charge in [0.25, 0.3) is 0 Å². The molecular formula is C16H31N3O2. The summed E-state index contributed by atoms with van der Waals surface area (Å²) in [6.45, 7) is 7.23. The van der Waals surface area contributed by atoms with Gasteiger partial charge in [0.1, 0.15) is 0 Å². The quantitative estimate of drug-likeness (QED) is 0.354. The molecule has 0 radical (unpaired) electrons. The number of hydrogen-bond donors (Lipinski definition) is 1. The van der Waals surface area contributed by atoms with Crippen LogP contribution in [0.15, 0.2) is 4.99 Å². The summed E-state index contributed by atoms with van der Waals surface area (Å²) >= 11 is 0. The first-order chi connectivity index (χ1) is 10.1. The van der Waals surface area contributed by atoms with Gasteiger partial charge in [-0.25, -0.2) is 0 Å². The highest BCUT2D eigenvalue weighted by atomic mass is 16.5. The predicted octanol–water partition coefficient (Wildman–Crippen LogP) is 2.27. The molecular weight excluding hydrogens is 266 g/mol. The minimum atomic E-state index is -0.0775. The van der Waals surface area contributed by atoms with Gasteiger partial charge in [0, 0.05) is 26.7 Å². The Labute approximate surface area is 129 Å². The number of nitrogens with zero attached hydrogens (tertiary/aromatic N) is 2. The van der Waals surface area contributed by atoms with E-state index in [1.165, 1.54) is 26.4 Å². The maximum absolute atomic E-state index is 11.5. The van der Waals surface area contributed by atoms with E-state index in [0.717, 1.165) is 44.4 Å². The molecule has 5 nitrogen and oxygen atoms in total. The summed E-state index contributed by atoms with van der Waals surface area (Å²) in [4.78, 5) is 18.1. The smallest absolute Gasteiger partial charge is 0.308 e. The third-order valence-electron chi connectivity index (χ3n) is 4.03. The van der Waals surface area contributed by atoms with E-state index in [2.05, 4.69) is 29.1 Å². The average molecular weight is 297 g/mol. The average Bonchev–Trinajstić information content (AvgIpc) is 2.50. The summed E-state index contributed by atoms with van der Waals surface area (Å²) in [7, 11) is 3.29. The van der Waals surface area contributed by atoms with Crippen LogP contribution in [0, 0.1) is 11.8 Å². The second-order valence-corrected chi connectivity index (χ2v) is 6.15. The van der Waals surface area contributed by atoms with E-state index >= 15 is 0 Å². The Bertz CT molecular complexity index is 334. The van der Waals surface area contributed by atoms with Crippen LogP contribution < -0.4 is 5.32 Å². The maximum atomic E-state index is 11.5. The van der Waals surface area contributed by atoms with E-state index in [1.807, 2.05) is 7.05 Å². The second-order valence-electron chi connectivity index (χ2n) is 6.15. The van der Waals surface area contributed by atoms with Gasteiger partial charge in [0.05, 0.1) is 13.0 Å². The Morgan fingerprint density at radius 3 is 2.52 bits per heavy atom. The number of nitrogens with one attached hydrogen (secondary N) is 1. The van der Waals surface area contributed by atoms with Crippen LogP contribution >= 0.6 is 0 Å². The zero-order valence-corrected chi connectivity index (χ0v) is 14.0. The van der Waals surface area contributed by atoms with Crippen molar-refractivity contribution in [2.45, 2.75) is 46.0 Å². The van der Waals surface area contributed by atoms with Gasteiger partial charge < -0.3 is 15.0 Å². The number of ether oxygens (including phenoxy) is 1. The molecule has 0 atom stereocenters. The summed E-state index contributed by atoms with van der Waals surface area (Å²) < 4.78 is 4.82. The molecule has 1 N–H and O–H groups in total. The largest absolute Gasteiger partial charge is 0.469 e. The first-order valence-electron chi connectivity index (χ1n) is 8.12. The third kappa shape index (κ3) is 6.36. The van der Waals surface area contributed by atoms with Crippen LogP contribution in [0.2, 0.25) is 0 Å². The number of carbonyl (C=O) groups is 1. The zero-order chi connectivity index (χ0) is 15.7. The minimum absolute atomic E-state index is 0.0513. The van der Waals surface area contributed by atoms with Gasteiger partial charge in [-0.2, -0.15) is 0 Å². The van der Waals surface area contributed by atoms with Gasteiger partial charge in [0.2, 0.25) is 0 Å². The fourth-order valence-electron chi connectivity index (χ4n) is 2.70. The number of likely N-dealkylation sites (tertiary alicyclic amines) is 1. The Hall–Kier alpha value is -1.26. The van der Waals surface area contributed by atoms with Crippen molar-refractivity contribution in [2.75, 3.05) is 33.8 Å². The third-order valence-corrected chi connectivity index (χ3v) is 4.03. The van der Waals surface area contributed by atoms with E-state index in [1.54, 1.807) is 0 Å². The molecule has 0 aromatic rings. The highest BCUT2D eigenvalue weighted by Gasteiger charge is 2.26. The van der Waals surface area contributed by atoms with Crippen molar-refractivity contribution in [3.05, 3.63) is 0 Å². The van der Waals surface area contributed by atoms with Gasteiger partial charge >= 0.3 is 5.97 Å². The Kier molecular flexibility index (Phi) is 8.16. The van der Waals surface area contributed by atoms with Crippen LogP contribution in [0.4, 0.5) is 0 Å². The highest BCUT2D eigenvalue weighted by molar-refractivity contribution is 5.80. The van der Waals surface area contributed by atoms with Crippen LogP contribution in [-0.4, -0.2) is 50.6 Å². The Morgan fingerprint density at radius 1 is 1.33 bits per heavy atom. The molecule has 1 heterocycles. The van der Waals surface area contributed by atoms with Crippen LogP contribution in [0.1, 0.15) is 46.0 Å². The van der Waals surface area contributed by atoms with E-state index in [0.29, 0.717) is 0 Å². The lowest BCUT2D eigenvalue weighted by Crippen LogP contribution is -2.46. The van der Waals surface area contributed by atoms with Crippen molar-refractivity contribution in [1.29, 1.82) is 0 Å². The SMILES string of the molecule is CN=C(NCCCCC(C)C)N1CCC(C(=O)OC)CC1. The summed E-state index contributed by atoms with van der Waals surface area (Å²) in [5, 5.41) is 3.43. The van der Waals surface area contributed by atoms with Gasteiger partial charge in [-0.05, 0) is 25.2 Å². The fourth-order valence-corrected chi connectivity index (χ4v) is 2.70. The number of hydrogen-bond acceptors (Lipinski definition) is 3. The van der Waals surface area contributed by atoms with E-state index in [-0.39, 0.29) is 11.9 Å². The molecule has 0 aliphatic carbocycles. The Morgan fingerprint density at radius 2 is 2.00 bits per heavy atom. The lowest BCUT2D eigenvalue weighted by atomic mass is 9.97. The van der Waals surface area contributed by atoms with Crippen LogP contribution in [-0.2, 0) is 9.53 Å². The van der Waals surface area contributed by atoms with Crippen molar-refractivity contribution in [1.82, 2.24) is 10.2 Å². The minimum Gasteiger partial charge on any atom is -0.469 e. The van der Waals surface area contributed by atoms with Gasteiger partial charge in [0.15, 0.2) is 5.96 Å². The normalized spacial score (nSPS) is 17.2. The molecule has 122 valence electrons. The highest BCUT2D eigenvalue weighted by Crippen LogP contribution is 2.18. The lowest BCUT2D eigenvalue weighted by molar-refractivity contribution is -0.146. The van der Waals surface area contributed by atoms with Crippen LogP contribution in [0.5, 0.6) is 0 Å². The zero-order valence-electron chi connectivity index (χ0n) is 14.0. The number of methoxy groups -OCH3 is 1. The number of rotatable bonds is 6. The number of aliphatic imine (C=N–C) groups is 1. The number of unbranched alkanes of at least 4 members (excludes halogenated alkanes) is 1. The number of carbonyl (C=O) groups excluding carboxylic acids is 1. The Balaban J connectivity index is 2.27. The molecule has 0 saturated carbocycles. The molecule has 1 fully saturated rings. The summed E-state index contributed by atoms with van der Waals surface area (Å²) in [6, 6.07) is 0. The second kappa shape index (κ2) is 9.64. The van der Waals surface area contributed by atoms with Crippen molar-refractivity contribution >= 4 is 11.9 Å². The van der Waals surface area contributed by atoms with Gasteiger partial charge in [-0.15, -0.1) is 0 Å². The summed E-state index contributed by atoms with van der Waals surface area (Å²) in [5.74, 6) is 1.71. The van der Waals surface area contributed by atoms with Crippen LogP contribution in [0.3, 0.4) is 0 Å². The molecule has 0 spiro atoms. The summed E-state index contributed by atoms with van der Waals surface area (Å²) in [6.07, 6.45) is 5.41. The van der Waals surface area contributed by atoms with E-state index in [4.69, 9.17) is 4.74 Å². The molecule has 5 heteroatoms. The predicted molar refractivity (Wildman–Crippen MR) is 86.4 cm³/mol. The van der Waals surface area contributed by atoms with Gasteiger partial charge in [-0.1, -0.05) is 26.7 Å². The van der Waals surface area contributed by atoms with E-state index < -0.39 is 0 Å². The maximum Gasteiger partial charge on any atom is 0.308 e.